The van der Waals surface area contributed by atoms with E-state index in [1.165, 1.54) is 6.33 Å². The van der Waals surface area contributed by atoms with Crippen molar-refractivity contribution in [2.75, 3.05) is 0 Å². The second-order valence-electron chi connectivity index (χ2n) is 2.93. The summed E-state index contributed by atoms with van der Waals surface area (Å²) in [5, 5.41) is 5.10. The Morgan fingerprint density at radius 2 is 2.21 bits per heavy atom. The van der Waals surface area contributed by atoms with Gasteiger partial charge in [-0.2, -0.15) is 5.10 Å². The number of nitrogens with one attached hydrogen (secondary N) is 1. The van der Waals surface area contributed by atoms with Gasteiger partial charge in [-0.3, -0.25) is 0 Å². The Morgan fingerprint density at radius 3 is 3.07 bits per heavy atom. The van der Waals surface area contributed by atoms with Gasteiger partial charge in [0.05, 0.1) is 0 Å². The first-order valence-corrected chi connectivity index (χ1v) is 4.22. The predicted octanol–water partition coefficient (Wildman–Crippen LogP) is 1.14. The summed E-state index contributed by atoms with van der Waals surface area (Å²) in [5.74, 6) is 0.762. The van der Waals surface area contributed by atoms with Gasteiger partial charge in [-0.1, -0.05) is 0 Å². The smallest absolute Gasteiger partial charge is 0.157 e. The van der Waals surface area contributed by atoms with E-state index in [9.17, 15) is 0 Å². The highest BCUT2D eigenvalue weighted by Crippen LogP contribution is 2.11. The van der Waals surface area contributed by atoms with Gasteiger partial charge in [0.1, 0.15) is 18.3 Å². The molecular weight excluding hydrogens is 178 g/mol. The number of fused-ring (bicyclic) bond motifs is 1. The summed E-state index contributed by atoms with van der Waals surface area (Å²) in [5.41, 5.74) is 0.859. The van der Waals surface area contributed by atoms with Gasteiger partial charge in [0.2, 0.25) is 0 Å². The summed E-state index contributed by atoms with van der Waals surface area (Å²) in [6.45, 7) is 0. The topological polar surface area (TPSA) is 59.4 Å². The van der Waals surface area contributed by atoms with Gasteiger partial charge in [0.25, 0.3) is 0 Å². The first kappa shape index (κ1) is 7.25. The molecule has 0 amide bonds. The van der Waals surface area contributed by atoms with E-state index in [0.717, 1.165) is 16.9 Å². The summed E-state index contributed by atoms with van der Waals surface area (Å²) in [4.78, 5) is 11.3. The molecule has 68 valence electrons. The molecule has 3 heterocycles. The molecule has 0 aromatic carbocycles. The number of pyridine rings is 1. The molecular formula is C9H7N5. The van der Waals surface area contributed by atoms with Gasteiger partial charge in [0.15, 0.2) is 5.82 Å². The van der Waals surface area contributed by atoms with Crippen molar-refractivity contribution in [3.05, 3.63) is 37.1 Å². The fraction of sp³-hybridized carbons (Fsp3) is 0. The van der Waals surface area contributed by atoms with E-state index in [1.54, 1.807) is 11.0 Å². The molecule has 0 radical (unpaired) electrons. The van der Waals surface area contributed by atoms with Gasteiger partial charge in [-0.05, 0) is 18.2 Å². The molecule has 0 fully saturated rings. The standard InChI is InChI=1S/C9H7N5/c1-2-8(14-6-10-5-12-14)13-9-7(1)3-4-11-9/h1-6H,(H,11,13). The van der Waals surface area contributed by atoms with E-state index in [1.807, 2.05) is 24.4 Å². The molecule has 0 aliphatic carbocycles. The molecule has 3 aromatic heterocycles. The monoisotopic (exact) mass is 185 g/mol. The molecule has 5 heteroatoms. The van der Waals surface area contributed by atoms with Crippen LogP contribution in [0.3, 0.4) is 0 Å². The second-order valence-corrected chi connectivity index (χ2v) is 2.93. The molecule has 3 rings (SSSR count). The number of rotatable bonds is 1. The molecule has 0 aliphatic heterocycles. The fourth-order valence-electron chi connectivity index (χ4n) is 1.37. The second kappa shape index (κ2) is 2.66. The molecule has 0 bridgehead atoms. The Kier molecular flexibility index (Phi) is 1.38. The minimum absolute atomic E-state index is 0.762. The Bertz CT molecular complexity index is 551. The lowest BCUT2D eigenvalue weighted by atomic mass is 10.3. The van der Waals surface area contributed by atoms with E-state index in [-0.39, 0.29) is 0 Å². The molecule has 5 nitrogen and oxygen atoms in total. The van der Waals surface area contributed by atoms with Gasteiger partial charge in [0, 0.05) is 11.6 Å². The van der Waals surface area contributed by atoms with Crippen LogP contribution in [0.5, 0.6) is 0 Å². The minimum Gasteiger partial charge on any atom is -0.346 e. The van der Waals surface area contributed by atoms with Gasteiger partial charge in [-0.15, -0.1) is 0 Å². The van der Waals surface area contributed by atoms with Crippen LogP contribution in [0.15, 0.2) is 37.1 Å². The fourth-order valence-corrected chi connectivity index (χ4v) is 1.37. The molecule has 0 spiro atoms. The van der Waals surface area contributed by atoms with Crippen molar-refractivity contribution in [3.8, 4) is 5.82 Å². The Labute approximate surface area is 79.4 Å². The van der Waals surface area contributed by atoms with Gasteiger partial charge in [-0.25, -0.2) is 14.6 Å². The number of hydrogen-bond acceptors (Lipinski definition) is 3. The average Bonchev–Trinajstić information content (AvgIpc) is 2.88. The van der Waals surface area contributed by atoms with Crippen LogP contribution in [-0.2, 0) is 0 Å². The molecule has 14 heavy (non-hydrogen) atoms. The van der Waals surface area contributed by atoms with Crippen LogP contribution in [0.2, 0.25) is 0 Å². The summed E-state index contributed by atoms with van der Waals surface area (Å²) in [7, 11) is 0. The number of aromatic amines is 1. The third kappa shape index (κ3) is 0.990. The zero-order valence-corrected chi connectivity index (χ0v) is 7.25. The SMILES string of the molecule is c1ncn(-c2ccc3cc[nH]c3n2)n1. The minimum atomic E-state index is 0.762. The molecule has 3 aromatic rings. The van der Waals surface area contributed by atoms with E-state index in [4.69, 9.17) is 0 Å². The van der Waals surface area contributed by atoms with E-state index >= 15 is 0 Å². The lowest BCUT2D eigenvalue weighted by molar-refractivity contribution is 0.850. The zero-order chi connectivity index (χ0) is 9.38. The largest absolute Gasteiger partial charge is 0.346 e. The van der Waals surface area contributed by atoms with Crippen molar-refractivity contribution in [2.45, 2.75) is 0 Å². The maximum atomic E-state index is 4.38. The normalized spacial score (nSPS) is 10.9. The van der Waals surface area contributed by atoms with Crippen molar-refractivity contribution in [1.29, 1.82) is 0 Å². The molecule has 1 N–H and O–H groups in total. The number of aromatic nitrogens is 5. The lowest BCUT2D eigenvalue weighted by Crippen LogP contribution is -1.97. The van der Waals surface area contributed by atoms with Crippen LogP contribution in [0, 0.1) is 0 Å². The molecule has 0 unspecified atom stereocenters. The summed E-state index contributed by atoms with van der Waals surface area (Å²) in [6.07, 6.45) is 4.97. The summed E-state index contributed by atoms with van der Waals surface area (Å²) >= 11 is 0. The molecule has 0 aliphatic rings. The maximum absolute atomic E-state index is 4.38. The Morgan fingerprint density at radius 1 is 1.21 bits per heavy atom. The highest BCUT2D eigenvalue weighted by molar-refractivity contribution is 5.76. The van der Waals surface area contributed by atoms with Crippen LogP contribution in [0.25, 0.3) is 16.9 Å². The summed E-state index contributed by atoms with van der Waals surface area (Å²) in [6, 6.07) is 5.88. The van der Waals surface area contributed by atoms with E-state index in [2.05, 4.69) is 20.1 Å². The Hall–Kier alpha value is -2.17. The average molecular weight is 185 g/mol. The molecule has 0 atom stereocenters. The highest BCUT2D eigenvalue weighted by Gasteiger charge is 2.00. The molecule has 0 saturated carbocycles. The third-order valence-electron chi connectivity index (χ3n) is 2.05. The van der Waals surface area contributed by atoms with Crippen LogP contribution in [0.4, 0.5) is 0 Å². The highest BCUT2D eigenvalue weighted by atomic mass is 15.3. The van der Waals surface area contributed by atoms with Crippen LogP contribution >= 0.6 is 0 Å². The summed E-state index contributed by atoms with van der Waals surface area (Å²) < 4.78 is 1.63. The number of hydrogen-bond donors (Lipinski definition) is 1. The number of H-pyrrole nitrogens is 1. The van der Waals surface area contributed by atoms with Crippen molar-refractivity contribution < 1.29 is 0 Å². The van der Waals surface area contributed by atoms with E-state index in [0.29, 0.717) is 0 Å². The van der Waals surface area contributed by atoms with Crippen LogP contribution < -0.4 is 0 Å². The van der Waals surface area contributed by atoms with E-state index < -0.39 is 0 Å². The third-order valence-corrected chi connectivity index (χ3v) is 2.05. The van der Waals surface area contributed by atoms with Gasteiger partial charge >= 0.3 is 0 Å². The predicted molar refractivity (Wildman–Crippen MR) is 51.0 cm³/mol. The maximum Gasteiger partial charge on any atom is 0.157 e. The quantitative estimate of drug-likeness (QED) is 0.618. The lowest BCUT2D eigenvalue weighted by Gasteiger charge is -1.98. The van der Waals surface area contributed by atoms with Crippen molar-refractivity contribution in [2.24, 2.45) is 0 Å². The Balaban J connectivity index is 2.23. The molecule has 0 saturated heterocycles. The first-order valence-electron chi connectivity index (χ1n) is 4.22. The van der Waals surface area contributed by atoms with Crippen LogP contribution in [0.1, 0.15) is 0 Å². The van der Waals surface area contributed by atoms with Crippen molar-refractivity contribution in [1.82, 2.24) is 24.7 Å². The first-order chi connectivity index (χ1) is 6.93. The van der Waals surface area contributed by atoms with Crippen molar-refractivity contribution >= 4 is 11.0 Å². The number of nitrogens with zero attached hydrogens (tertiary/aromatic N) is 4. The van der Waals surface area contributed by atoms with Crippen molar-refractivity contribution in [3.63, 3.8) is 0 Å². The zero-order valence-electron chi connectivity index (χ0n) is 7.25. The van der Waals surface area contributed by atoms with Gasteiger partial charge < -0.3 is 4.98 Å². The van der Waals surface area contributed by atoms with Crippen LogP contribution in [-0.4, -0.2) is 24.7 Å².